The molecule has 0 aliphatic rings. The van der Waals surface area contributed by atoms with Crippen LogP contribution in [-0.4, -0.2) is 4.98 Å². The molecule has 0 radical (unpaired) electrons. The molecule has 1 heteroatoms. The van der Waals surface area contributed by atoms with Crippen LogP contribution in [-0.2, 0) is 0 Å². The number of allylic oxidation sites excluding steroid dienone is 1. The van der Waals surface area contributed by atoms with Crippen molar-refractivity contribution < 1.29 is 0 Å². The quantitative estimate of drug-likeness (QED) is 0.710. The van der Waals surface area contributed by atoms with Crippen molar-refractivity contribution in [2.24, 2.45) is 0 Å². The van der Waals surface area contributed by atoms with Gasteiger partial charge in [-0.05, 0) is 35.7 Å². The van der Waals surface area contributed by atoms with Crippen LogP contribution in [0.1, 0.15) is 12.5 Å². The number of aromatic nitrogens is 1. The van der Waals surface area contributed by atoms with E-state index in [0.29, 0.717) is 0 Å². The minimum Gasteiger partial charge on any atom is -0.265 e. The van der Waals surface area contributed by atoms with E-state index in [2.05, 4.69) is 35.3 Å². The van der Waals surface area contributed by atoms with E-state index in [-0.39, 0.29) is 0 Å². The van der Waals surface area contributed by atoms with Gasteiger partial charge in [0.1, 0.15) is 0 Å². The van der Waals surface area contributed by atoms with E-state index in [1.54, 1.807) is 0 Å². The summed E-state index contributed by atoms with van der Waals surface area (Å²) in [7, 11) is 0. The van der Waals surface area contributed by atoms with Gasteiger partial charge in [0.25, 0.3) is 0 Å². The second-order valence-corrected chi connectivity index (χ2v) is 3.36. The van der Waals surface area contributed by atoms with Crippen molar-refractivity contribution in [1.29, 1.82) is 0 Å². The molecular formula is C14H13N. The van der Waals surface area contributed by atoms with Crippen molar-refractivity contribution >= 4 is 6.08 Å². The normalized spacial score (nSPS) is 10.7. The Kier molecular flexibility index (Phi) is 2.93. The van der Waals surface area contributed by atoms with Gasteiger partial charge in [0.15, 0.2) is 0 Å². The molecule has 0 amide bonds. The van der Waals surface area contributed by atoms with Gasteiger partial charge in [0.05, 0.1) is 0 Å². The van der Waals surface area contributed by atoms with Gasteiger partial charge >= 0.3 is 0 Å². The summed E-state index contributed by atoms with van der Waals surface area (Å²) in [5.41, 5.74) is 3.66. The molecule has 0 saturated carbocycles. The van der Waals surface area contributed by atoms with Crippen LogP contribution in [0.5, 0.6) is 0 Å². The second kappa shape index (κ2) is 4.56. The molecule has 0 unspecified atom stereocenters. The third-order valence-corrected chi connectivity index (χ3v) is 2.28. The first kappa shape index (κ1) is 9.66. The average Bonchev–Trinajstić information content (AvgIpc) is 2.32. The third kappa shape index (κ3) is 2.32. The highest BCUT2D eigenvalue weighted by atomic mass is 14.6. The van der Waals surface area contributed by atoms with Crippen molar-refractivity contribution in [1.82, 2.24) is 4.98 Å². The highest BCUT2D eigenvalue weighted by Gasteiger charge is 1.95. The van der Waals surface area contributed by atoms with Crippen molar-refractivity contribution in [3.63, 3.8) is 0 Å². The van der Waals surface area contributed by atoms with Gasteiger partial charge < -0.3 is 0 Å². The summed E-state index contributed by atoms with van der Waals surface area (Å²) >= 11 is 0. The van der Waals surface area contributed by atoms with E-state index in [0.717, 1.165) is 0 Å². The largest absolute Gasteiger partial charge is 0.265 e. The van der Waals surface area contributed by atoms with Crippen molar-refractivity contribution in [3.05, 3.63) is 60.4 Å². The summed E-state index contributed by atoms with van der Waals surface area (Å²) in [5, 5.41) is 0. The Labute approximate surface area is 90.1 Å². The van der Waals surface area contributed by atoms with Crippen LogP contribution in [0.15, 0.2) is 54.9 Å². The molecule has 15 heavy (non-hydrogen) atoms. The summed E-state index contributed by atoms with van der Waals surface area (Å²) in [6, 6.07) is 12.5. The highest BCUT2D eigenvalue weighted by molar-refractivity contribution is 5.65. The Hall–Kier alpha value is -1.89. The molecule has 1 aromatic heterocycles. The summed E-state index contributed by atoms with van der Waals surface area (Å²) in [6.07, 6.45) is 7.77. The molecule has 1 nitrogen and oxygen atoms in total. The van der Waals surface area contributed by atoms with E-state index in [1.807, 2.05) is 37.5 Å². The molecule has 0 atom stereocenters. The Morgan fingerprint density at radius 1 is 0.867 bits per heavy atom. The topological polar surface area (TPSA) is 12.9 Å². The monoisotopic (exact) mass is 195 g/mol. The van der Waals surface area contributed by atoms with Crippen LogP contribution in [0.4, 0.5) is 0 Å². The molecule has 0 spiro atoms. The van der Waals surface area contributed by atoms with E-state index >= 15 is 0 Å². The fourth-order valence-electron chi connectivity index (χ4n) is 1.52. The predicted molar refractivity (Wildman–Crippen MR) is 64.4 cm³/mol. The van der Waals surface area contributed by atoms with Crippen LogP contribution in [0.25, 0.3) is 17.2 Å². The molecule has 1 heterocycles. The lowest BCUT2D eigenvalue weighted by atomic mass is 10.1. The standard InChI is InChI=1S/C14H13N/c1-2-3-12-4-6-13(7-5-12)14-8-10-15-11-9-14/h2-11H,1H3/b3-2-. The molecule has 0 N–H and O–H groups in total. The maximum absolute atomic E-state index is 4.01. The number of rotatable bonds is 2. The van der Waals surface area contributed by atoms with Gasteiger partial charge in [-0.15, -0.1) is 0 Å². The Morgan fingerprint density at radius 3 is 2.07 bits per heavy atom. The fraction of sp³-hybridized carbons (Fsp3) is 0.0714. The number of benzene rings is 1. The fourth-order valence-corrected chi connectivity index (χ4v) is 1.52. The lowest BCUT2D eigenvalue weighted by Crippen LogP contribution is -1.78. The van der Waals surface area contributed by atoms with Gasteiger partial charge in [0.2, 0.25) is 0 Å². The lowest BCUT2D eigenvalue weighted by Gasteiger charge is -2.01. The van der Waals surface area contributed by atoms with E-state index < -0.39 is 0 Å². The molecule has 0 bridgehead atoms. The molecule has 0 aliphatic heterocycles. The van der Waals surface area contributed by atoms with Crippen LogP contribution in [0.2, 0.25) is 0 Å². The Morgan fingerprint density at radius 2 is 1.47 bits per heavy atom. The lowest BCUT2D eigenvalue weighted by molar-refractivity contribution is 1.33. The first-order valence-corrected chi connectivity index (χ1v) is 5.03. The molecule has 2 rings (SSSR count). The SMILES string of the molecule is C/C=C\c1ccc(-c2ccncc2)cc1. The van der Waals surface area contributed by atoms with Crippen LogP contribution < -0.4 is 0 Å². The van der Waals surface area contributed by atoms with Gasteiger partial charge in [-0.1, -0.05) is 36.4 Å². The van der Waals surface area contributed by atoms with Crippen molar-refractivity contribution in [3.8, 4) is 11.1 Å². The zero-order valence-corrected chi connectivity index (χ0v) is 8.72. The van der Waals surface area contributed by atoms with Crippen LogP contribution in [0, 0.1) is 0 Å². The predicted octanol–water partition coefficient (Wildman–Crippen LogP) is 3.78. The first-order chi connectivity index (χ1) is 7.40. The highest BCUT2D eigenvalue weighted by Crippen LogP contribution is 2.18. The van der Waals surface area contributed by atoms with Crippen LogP contribution in [0.3, 0.4) is 0 Å². The first-order valence-electron chi connectivity index (χ1n) is 5.03. The van der Waals surface area contributed by atoms with Gasteiger partial charge in [0, 0.05) is 12.4 Å². The average molecular weight is 195 g/mol. The van der Waals surface area contributed by atoms with Gasteiger partial charge in [-0.25, -0.2) is 0 Å². The van der Waals surface area contributed by atoms with Crippen LogP contribution >= 0.6 is 0 Å². The molecule has 0 aliphatic carbocycles. The molecule has 2 aromatic rings. The Bertz CT molecular complexity index is 441. The zero-order chi connectivity index (χ0) is 10.5. The minimum atomic E-state index is 1.21. The smallest absolute Gasteiger partial charge is 0.0273 e. The second-order valence-electron chi connectivity index (χ2n) is 3.36. The number of nitrogens with zero attached hydrogens (tertiary/aromatic N) is 1. The minimum absolute atomic E-state index is 1.21. The molecule has 1 aromatic carbocycles. The summed E-state index contributed by atoms with van der Waals surface area (Å²) in [5.74, 6) is 0. The zero-order valence-electron chi connectivity index (χ0n) is 8.72. The molecule has 0 fully saturated rings. The maximum Gasteiger partial charge on any atom is 0.0273 e. The maximum atomic E-state index is 4.01. The van der Waals surface area contributed by atoms with E-state index in [1.165, 1.54) is 16.7 Å². The molecule has 0 saturated heterocycles. The van der Waals surface area contributed by atoms with Gasteiger partial charge in [-0.2, -0.15) is 0 Å². The van der Waals surface area contributed by atoms with Crippen molar-refractivity contribution in [2.75, 3.05) is 0 Å². The Balaban J connectivity index is 2.32. The summed E-state index contributed by atoms with van der Waals surface area (Å²) in [6.45, 7) is 2.02. The van der Waals surface area contributed by atoms with Crippen molar-refractivity contribution in [2.45, 2.75) is 6.92 Å². The molecular weight excluding hydrogens is 182 g/mol. The number of pyridine rings is 1. The molecule has 74 valence electrons. The van der Waals surface area contributed by atoms with E-state index in [4.69, 9.17) is 0 Å². The van der Waals surface area contributed by atoms with E-state index in [9.17, 15) is 0 Å². The number of hydrogen-bond donors (Lipinski definition) is 0. The van der Waals surface area contributed by atoms with Gasteiger partial charge in [-0.3, -0.25) is 4.98 Å². The third-order valence-electron chi connectivity index (χ3n) is 2.28. The summed E-state index contributed by atoms with van der Waals surface area (Å²) in [4.78, 5) is 4.01. The summed E-state index contributed by atoms with van der Waals surface area (Å²) < 4.78 is 0. The number of hydrogen-bond acceptors (Lipinski definition) is 1.